The van der Waals surface area contributed by atoms with Crippen molar-refractivity contribution in [1.82, 2.24) is 19.8 Å². The molecule has 4 aromatic rings. The van der Waals surface area contributed by atoms with Crippen molar-refractivity contribution in [2.75, 3.05) is 14.1 Å². The normalized spacial score (nSPS) is 13.8. The fourth-order valence-corrected chi connectivity index (χ4v) is 6.61. The minimum absolute atomic E-state index is 0.0759. The van der Waals surface area contributed by atoms with E-state index in [0.29, 0.717) is 16.5 Å². The van der Waals surface area contributed by atoms with Gasteiger partial charge in [-0.3, -0.25) is 4.79 Å². The molecule has 0 radical (unpaired) electrons. The largest absolute Gasteiger partial charge is 0.598 e. The second-order valence-electron chi connectivity index (χ2n) is 12.1. The van der Waals surface area contributed by atoms with Gasteiger partial charge < -0.3 is 14.0 Å². The number of carbonyl (C=O) groups excluding carboxylic acids is 1. The molecule has 0 bridgehead atoms. The molecule has 1 amide bonds. The maximum absolute atomic E-state index is 16.2. The number of halogens is 1. The lowest BCUT2D eigenvalue weighted by molar-refractivity contribution is 0.0821. The number of pyridine rings is 1. The van der Waals surface area contributed by atoms with E-state index >= 15 is 4.39 Å². The molecule has 2 atom stereocenters. The van der Waals surface area contributed by atoms with Crippen molar-refractivity contribution in [2.45, 2.75) is 57.6 Å². The molecule has 0 fully saturated rings. The number of para-hydroxylation sites is 1. The predicted octanol–water partition coefficient (Wildman–Crippen LogP) is 5.61. The van der Waals surface area contributed by atoms with Gasteiger partial charge in [-0.2, -0.15) is 0 Å². The summed E-state index contributed by atoms with van der Waals surface area (Å²) in [6.45, 7) is 11.7. The van der Waals surface area contributed by atoms with Crippen molar-refractivity contribution >= 4 is 41.5 Å². The summed E-state index contributed by atoms with van der Waals surface area (Å²) in [5, 5.41) is 5.73. The van der Waals surface area contributed by atoms with Gasteiger partial charge in [-0.25, -0.2) is 9.37 Å². The summed E-state index contributed by atoms with van der Waals surface area (Å²) in [5.41, 5.74) is 3.21. The first-order chi connectivity index (χ1) is 18.7. The molecule has 10 heteroatoms. The summed E-state index contributed by atoms with van der Waals surface area (Å²) < 4.78 is 37.8. The number of nitrogens with one attached hydrogen (secondary N) is 1. The van der Waals surface area contributed by atoms with Crippen molar-refractivity contribution in [3.8, 4) is 11.3 Å². The highest BCUT2D eigenvalue weighted by molar-refractivity contribution is 7.90. The molecule has 2 aromatic carbocycles. The molecular formula is C30H37FN4O3SSi. The molecule has 2 heterocycles. The Balaban J connectivity index is 1.89. The number of hydrogen-bond acceptors (Lipinski definition) is 6. The van der Waals surface area contributed by atoms with E-state index in [9.17, 15) is 9.35 Å². The number of aromatic nitrogens is 2. The van der Waals surface area contributed by atoms with Crippen LogP contribution in [0.3, 0.4) is 0 Å². The van der Waals surface area contributed by atoms with Gasteiger partial charge in [0.1, 0.15) is 22.0 Å². The van der Waals surface area contributed by atoms with Gasteiger partial charge in [0.25, 0.3) is 5.91 Å². The molecule has 7 nitrogen and oxygen atoms in total. The number of carbonyl (C=O) groups is 1. The first kappa shape index (κ1) is 29.9. The quantitative estimate of drug-likeness (QED) is 0.215. The van der Waals surface area contributed by atoms with Gasteiger partial charge in [0.2, 0.25) is 0 Å². The van der Waals surface area contributed by atoms with Crippen LogP contribution in [0.5, 0.6) is 0 Å². The second kappa shape index (κ2) is 11.4. The maximum Gasteiger partial charge on any atom is 0.271 e. The van der Waals surface area contributed by atoms with Crippen LogP contribution in [0, 0.1) is 5.82 Å². The van der Waals surface area contributed by atoms with Gasteiger partial charge in [-0.1, -0.05) is 61.2 Å². The predicted molar refractivity (Wildman–Crippen MR) is 162 cm³/mol. The van der Waals surface area contributed by atoms with Crippen molar-refractivity contribution < 1.29 is 18.3 Å². The van der Waals surface area contributed by atoms with Gasteiger partial charge in [0.15, 0.2) is 5.58 Å². The second-order valence-corrected chi connectivity index (χ2v) is 19.2. The molecule has 1 unspecified atom stereocenters. The number of nitrogens with zero attached hydrogens (tertiary/aromatic N) is 3. The van der Waals surface area contributed by atoms with E-state index in [-0.39, 0.29) is 23.7 Å². The first-order valence-electron chi connectivity index (χ1n) is 13.2. The minimum Gasteiger partial charge on any atom is -0.598 e. The number of fused-ring (bicyclic) bond motifs is 1. The standard InChI is InChI=1S/C30H37FN4O3SSi/c1-30(2,3)39(37)34-22(17-23-27(31)26(40(6,7)8)18-24(32-23)29(36)35(4)5)19-13-9-10-14-20(19)28-21-15-11-12-16-25(21)38-33-28/h9-16,18,22,34H,17H2,1-8H3/t22?,39-/m0/s1. The Bertz CT molecular complexity index is 1530. The Morgan fingerprint density at radius 2 is 1.77 bits per heavy atom. The van der Waals surface area contributed by atoms with Crippen LogP contribution >= 0.6 is 0 Å². The molecule has 0 saturated heterocycles. The van der Waals surface area contributed by atoms with Crippen LogP contribution in [-0.2, 0) is 17.8 Å². The molecule has 0 aliphatic heterocycles. The third kappa shape index (κ3) is 6.30. The van der Waals surface area contributed by atoms with Gasteiger partial charge in [0, 0.05) is 42.8 Å². The maximum atomic E-state index is 16.2. The van der Waals surface area contributed by atoms with Crippen molar-refractivity contribution in [3.05, 3.63) is 77.4 Å². The summed E-state index contributed by atoms with van der Waals surface area (Å²) in [6, 6.07) is 16.2. The monoisotopic (exact) mass is 580 g/mol. The zero-order valence-electron chi connectivity index (χ0n) is 24.3. The third-order valence-electron chi connectivity index (χ3n) is 6.63. The van der Waals surface area contributed by atoms with E-state index in [2.05, 4.69) is 14.9 Å². The van der Waals surface area contributed by atoms with Gasteiger partial charge in [-0.05, 0) is 49.7 Å². The fourth-order valence-electron chi connectivity index (χ4n) is 4.41. The molecule has 40 heavy (non-hydrogen) atoms. The molecule has 2 aromatic heterocycles. The lowest BCUT2D eigenvalue weighted by Crippen LogP contribution is -2.44. The van der Waals surface area contributed by atoms with E-state index in [4.69, 9.17) is 4.52 Å². The Morgan fingerprint density at radius 3 is 2.42 bits per heavy atom. The average molecular weight is 581 g/mol. The molecule has 0 aliphatic carbocycles. The molecule has 1 N–H and O–H groups in total. The van der Waals surface area contributed by atoms with Crippen LogP contribution in [0.4, 0.5) is 4.39 Å². The number of benzene rings is 2. The molecule has 0 spiro atoms. The molecule has 4 rings (SSSR count). The van der Waals surface area contributed by atoms with Crippen LogP contribution in [-0.4, -0.2) is 52.4 Å². The summed E-state index contributed by atoms with van der Waals surface area (Å²) in [6.07, 6.45) is 0.0759. The summed E-state index contributed by atoms with van der Waals surface area (Å²) in [5.74, 6) is -0.704. The smallest absolute Gasteiger partial charge is 0.271 e. The third-order valence-corrected chi connectivity index (χ3v) is 10.2. The highest BCUT2D eigenvalue weighted by Gasteiger charge is 2.34. The molecule has 212 valence electrons. The Labute approximate surface area is 239 Å². The van der Waals surface area contributed by atoms with Crippen molar-refractivity contribution in [1.29, 1.82) is 0 Å². The topological polar surface area (TPSA) is 94.3 Å². The lowest BCUT2D eigenvalue weighted by Gasteiger charge is -2.29. The summed E-state index contributed by atoms with van der Waals surface area (Å²) >= 11 is -1.48. The van der Waals surface area contributed by atoms with Crippen molar-refractivity contribution in [3.63, 3.8) is 0 Å². The lowest BCUT2D eigenvalue weighted by atomic mass is 9.94. The Hall–Kier alpha value is -3.05. The van der Waals surface area contributed by atoms with Crippen molar-refractivity contribution in [2.24, 2.45) is 0 Å². The number of amides is 1. The number of rotatable bonds is 8. The molecular weight excluding hydrogens is 544 g/mol. The fraction of sp³-hybridized carbons (Fsp3) is 0.367. The van der Waals surface area contributed by atoms with E-state index in [1.807, 2.05) is 88.9 Å². The van der Waals surface area contributed by atoms with Crippen LogP contribution in [0.25, 0.3) is 22.2 Å². The van der Waals surface area contributed by atoms with Crippen LogP contribution < -0.4 is 9.91 Å². The SMILES string of the molecule is CN(C)C(=O)c1cc([Si](C)(C)C)c(F)c(CC(N[S@@+]([O-])C(C)(C)C)c2ccccc2-c2noc3ccccc23)n1. The summed E-state index contributed by atoms with van der Waals surface area (Å²) in [7, 11) is 1.11. The Morgan fingerprint density at radius 1 is 1.12 bits per heavy atom. The van der Waals surface area contributed by atoms with E-state index in [0.717, 1.165) is 16.5 Å². The zero-order chi connectivity index (χ0) is 29.4. The van der Waals surface area contributed by atoms with E-state index < -0.39 is 36.0 Å². The van der Waals surface area contributed by atoms with Crippen LogP contribution in [0.2, 0.25) is 19.6 Å². The summed E-state index contributed by atoms with van der Waals surface area (Å²) in [4.78, 5) is 18.9. The zero-order valence-corrected chi connectivity index (χ0v) is 26.1. The Kier molecular flexibility index (Phi) is 8.56. The molecule has 0 aliphatic rings. The highest BCUT2D eigenvalue weighted by atomic mass is 32.2. The number of hydrogen-bond donors (Lipinski definition) is 1. The van der Waals surface area contributed by atoms with E-state index in [1.54, 1.807) is 20.2 Å². The van der Waals surface area contributed by atoms with Gasteiger partial charge in [-0.15, -0.1) is 4.72 Å². The molecule has 0 saturated carbocycles. The minimum atomic E-state index is -2.19. The van der Waals surface area contributed by atoms with E-state index in [1.165, 1.54) is 4.90 Å². The van der Waals surface area contributed by atoms with Crippen LogP contribution in [0.1, 0.15) is 48.6 Å². The van der Waals surface area contributed by atoms with Gasteiger partial charge in [0.05, 0.1) is 19.8 Å². The average Bonchev–Trinajstić information content (AvgIpc) is 3.31. The first-order valence-corrected chi connectivity index (χ1v) is 17.9. The highest BCUT2D eigenvalue weighted by Crippen LogP contribution is 2.35. The van der Waals surface area contributed by atoms with Gasteiger partial charge >= 0.3 is 0 Å². The van der Waals surface area contributed by atoms with Crippen LogP contribution in [0.15, 0.2) is 59.1 Å².